The molecule has 4 heteroatoms. The van der Waals surface area contributed by atoms with Crippen molar-refractivity contribution >= 4 is 23.2 Å². The minimum atomic E-state index is -0.557. The standard InChI is InChI=1S/C16H17ClN2O/c1-19(14-9-7-13(17)8-10-14)16(20)15(18)11-12-5-3-2-4-6-12/h2-10,15H,11,18H2,1H3/t15-/m0/s1. The quantitative estimate of drug-likeness (QED) is 0.940. The summed E-state index contributed by atoms with van der Waals surface area (Å²) < 4.78 is 0. The van der Waals surface area contributed by atoms with Crippen LogP contribution < -0.4 is 10.6 Å². The van der Waals surface area contributed by atoms with Crippen molar-refractivity contribution < 1.29 is 4.79 Å². The van der Waals surface area contributed by atoms with Crippen LogP contribution in [-0.2, 0) is 11.2 Å². The summed E-state index contributed by atoms with van der Waals surface area (Å²) in [4.78, 5) is 13.9. The highest BCUT2D eigenvalue weighted by Crippen LogP contribution is 2.17. The van der Waals surface area contributed by atoms with Crippen molar-refractivity contribution in [3.05, 3.63) is 65.2 Å². The Balaban J connectivity index is 2.04. The number of carbonyl (C=O) groups excluding carboxylic acids is 1. The Morgan fingerprint density at radius 2 is 1.75 bits per heavy atom. The van der Waals surface area contributed by atoms with E-state index >= 15 is 0 Å². The first-order valence-corrected chi connectivity index (χ1v) is 6.78. The zero-order valence-corrected chi connectivity index (χ0v) is 12.0. The molecule has 2 aromatic carbocycles. The van der Waals surface area contributed by atoms with Gasteiger partial charge in [0.1, 0.15) is 0 Å². The third kappa shape index (κ3) is 3.59. The lowest BCUT2D eigenvalue weighted by molar-refractivity contribution is -0.119. The Labute approximate surface area is 124 Å². The molecule has 0 fully saturated rings. The minimum Gasteiger partial charge on any atom is -0.320 e. The minimum absolute atomic E-state index is 0.115. The van der Waals surface area contributed by atoms with Crippen molar-refractivity contribution in [2.75, 3.05) is 11.9 Å². The van der Waals surface area contributed by atoms with Crippen molar-refractivity contribution in [3.8, 4) is 0 Å². The molecule has 0 saturated heterocycles. The molecule has 0 aliphatic rings. The number of anilines is 1. The summed E-state index contributed by atoms with van der Waals surface area (Å²) in [6.45, 7) is 0. The summed E-state index contributed by atoms with van der Waals surface area (Å²) in [7, 11) is 1.72. The number of amides is 1. The highest BCUT2D eigenvalue weighted by atomic mass is 35.5. The third-order valence-electron chi connectivity index (χ3n) is 3.16. The van der Waals surface area contributed by atoms with Crippen LogP contribution in [0.5, 0.6) is 0 Å². The van der Waals surface area contributed by atoms with Crippen molar-refractivity contribution in [2.45, 2.75) is 12.5 Å². The van der Waals surface area contributed by atoms with Crippen LogP contribution in [0.2, 0.25) is 5.02 Å². The zero-order valence-electron chi connectivity index (χ0n) is 11.3. The van der Waals surface area contributed by atoms with Gasteiger partial charge in [-0.3, -0.25) is 4.79 Å². The van der Waals surface area contributed by atoms with Crippen LogP contribution in [0.3, 0.4) is 0 Å². The fourth-order valence-electron chi connectivity index (χ4n) is 2.00. The predicted molar refractivity (Wildman–Crippen MR) is 83.0 cm³/mol. The number of carbonyl (C=O) groups is 1. The number of halogens is 1. The van der Waals surface area contributed by atoms with E-state index in [0.717, 1.165) is 11.3 Å². The molecule has 104 valence electrons. The molecule has 0 heterocycles. The maximum atomic E-state index is 12.3. The first-order chi connectivity index (χ1) is 9.58. The number of nitrogens with zero attached hydrogens (tertiary/aromatic N) is 1. The SMILES string of the molecule is CN(C(=O)[C@@H](N)Cc1ccccc1)c1ccc(Cl)cc1. The normalized spacial score (nSPS) is 11.9. The molecule has 1 amide bonds. The highest BCUT2D eigenvalue weighted by molar-refractivity contribution is 6.30. The van der Waals surface area contributed by atoms with Crippen molar-refractivity contribution in [1.82, 2.24) is 0 Å². The van der Waals surface area contributed by atoms with Gasteiger partial charge in [0, 0.05) is 17.8 Å². The Hall–Kier alpha value is -1.84. The van der Waals surface area contributed by atoms with E-state index in [9.17, 15) is 4.79 Å². The van der Waals surface area contributed by atoms with E-state index in [1.165, 1.54) is 0 Å². The molecule has 0 spiro atoms. The van der Waals surface area contributed by atoms with E-state index in [1.807, 2.05) is 30.3 Å². The summed E-state index contributed by atoms with van der Waals surface area (Å²) in [6, 6.07) is 16.3. The number of hydrogen-bond acceptors (Lipinski definition) is 2. The molecule has 3 nitrogen and oxygen atoms in total. The highest BCUT2D eigenvalue weighted by Gasteiger charge is 2.19. The largest absolute Gasteiger partial charge is 0.320 e. The monoisotopic (exact) mass is 288 g/mol. The van der Waals surface area contributed by atoms with E-state index in [2.05, 4.69) is 0 Å². The van der Waals surface area contributed by atoms with Crippen LogP contribution in [0.1, 0.15) is 5.56 Å². The Morgan fingerprint density at radius 3 is 2.35 bits per heavy atom. The first-order valence-electron chi connectivity index (χ1n) is 6.40. The van der Waals surface area contributed by atoms with Gasteiger partial charge in [0.25, 0.3) is 0 Å². The lowest BCUT2D eigenvalue weighted by Crippen LogP contribution is -2.43. The van der Waals surface area contributed by atoms with Crippen LogP contribution in [0, 0.1) is 0 Å². The van der Waals surface area contributed by atoms with Gasteiger partial charge in [0.05, 0.1) is 6.04 Å². The average molecular weight is 289 g/mol. The summed E-state index contributed by atoms with van der Waals surface area (Å²) in [5.41, 5.74) is 7.83. The lowest BCUT2D eigenvalue weighted by atomic mass is 10.1. The van der Waals surface area contributed by atoms with E-state index in [1.54, 1.807) is 36.2 Å². The number of benzene rings is 2. The lowest BCUT2D eigenvalue weighted by Gasteiger charge is -2.21. The van der Waals surface area contributed by atoms with Gasteiger partial charge >= 0.3 is 0 Å². The topological polar surface area (TPSA) is 46.3 Å². The van der Waals surface area contributed by atoms with E-state index in [0.29, 0.717) is 11.4 Å². The smallest absolute Gasteiger partial charge is 0.243 e. The second-order valence-electron chi connectivity index (χ2n) is 4.67. The summed E-state index contributed by atoms with van der Waals surface area (Å²) in [6.07, 6.45) is 0.525. The van der Waals surface area contributed by atoms with E-state index in [4.69, 9.17) is 17.3 Å². The second-order valence-corrected chi connectivity index (χ2v) is 5.11. The summed E-state index contributed by atoms with van der Waals surface area (Å²) in [5.74, 6) is -0.115. The molecule has 0 aliphatic carbocycles. The van der Waals surface area contributed by atoms with Gasteiger partial charge in [-0.1, -0.05) is 41.9 Å². The van der Waals surface area contributed by atoms with E-state index < -0.39 is 6.04 Å². The fraction of sp³-hybridized carbons (Fsp3) is 0.188. The number of hydrogen-bond donors (Lipinski definition) is 1. The Morgan fingerprint density at radius 1 is 1.15 bits per heavy atom. The van der Waals surface area contributed by atoms with E-state index in [-0.39, 0.29) is 5.91 Å². The van der Waals surface area contributed by atoms with Gasteiger partial charge in [0.2, 0.25) is 5.91 Å². The van der Waals surface area contributed by atoms with Crippen LogP contribution in [-0.4, -0.2) is 19.0 Å². The third-order valence-corrected chi connectivity index (χ3v) is 3.41. The molecule has 2 rings (SSSR count). The predicted octanol–water partition coefficient (Wildman–Crippen LogP) is 2.87. The van der Waals surface area contributed by atoms with Gasteiger partial charge in [-0.2, -0.15) is 0 Å². The molecular formula is C16H17ClN2O. The van der Waals surface area contributed by atoms with Crippen molar-refractivity contribution in [2.24, 2.45) is 5.73 Å². The molecule has 2 N–H and O–H groups in total. The van der Waals surface area contributed by atoms with Crippen LogP contribution in [0.4, 0.5) is 5.69 Å². The second kappa shape index (κ2) is 6.55. The van der Waals surface area contributed by atoms with Gasteiger partial charge in [-0.25, -0.2) is 0 Å². The molecule has 0 bridgehead atoms. The molecular weight excluding hydrogens is 272 g/mol. The summed E-state index contributed by atoms with van der Waals surface area (Å²) in [5, 5.41) is 0.642. The van der Waals surface area contributed by atoms with Gasteiger partial charge in [0.15, 0.2) is 0 Å². The van der Waals surface area contributed by atoms with Crippen molar-refractivity contribution in [1.29, 1.82) is 0 Å². The number of rotatable bonds is 4. The van der Waals surface area contributed by atoms with Gasteiger partial charge < -0.3 is 10.6 Å². The Bertz CT molecular complexity index is 569. The fourth-order valence-corrected chi connectivity index (χ4v) is 2.12. The number of nitrogens with two attached hydrogens (primary N) is 1. The van der Waals surface area contributed by atoms with Crippen LogP contribution in [0.25, 0.3) is 0 Å². The molecule has 0 aliphatic heterocycles. The molecule has 0 saturated carbocycles. The molecule has 0 unspecified atom stereocenters. The average Bonchev–Trinajstić information content (AvgIpc) is 2.47. The van der Waals surface area contributed by atoms with Crippen LogP contribution in [0.15, 0.2) is 54.6 Å². The van der Waals surface area contributed by atoms with Gasteiger partial charge in [-0.05, 0) is 36.2 Å². The molecule has 20 heavy (non-hydrogen) atoms. The molecule has 0 aromatic heterocycles. The first kappa shape index (κ1) is 14.6. The molecule has 1 atom stereocenters. The molecule has 2 aromatic rings. The summed E-state index contributed by atoms with van der Waals surface area (Å²) >= 11 is 5.84. The van der Waals surface area contributed by atoms with Crippen LogP contribution >= 0.6 is 11.6 Å². The van der Waals surface area contributed by atoms with Gasteiger partial charge in [-0.15, -0.1) is 0 Å². The maximum absolute atomic E-state index is 12.3. The maximum Gasteiger partial charge on any atom is 0.243 e. The Kier molecular flexibility index (Phi) is 4.77. The molecule has 0 radical (unpaired) electrons. The zero-order chi connectivity index (χ0) is 14.5. The number of likely N-dealkylation sites (N-methyl/N-ethyl adjacent to an activating group) is 1. The van der Waals surface area contributed by atoms with Crippen molar-refractivity contribution in [3.63, 3.8) is 0 Å².